The molecule has 0 spiro atoms. The number of hydrogen-bond donors (Lipinski definition) is 2. The van der Waals surface area contributed by atoms with Gasteiger partial charge in [-0.05, 0) is 37.2 Å². The third-order valence-electron chi connectivity index (χ3n) is 5.88. The van der Waals surface area contributed by atoms with E-state index in [1.54, 1.807) is 13.0 Å². The number of ketones is 1. The Morgan fingerprint density at radius 1 is 1.32 bits per heavy atom. The van der Waals surface area contributed by atoms with Crippen LogP contribution in [-0.4, -0.2) is 42.4 Å². The van der Waals surface area contributed by atoms with Gasteiger partial charge in [0.05, 0.1) is 17.9 Å². The maximum Gasteiger partial charge on any atom is 0.255 e. The van der Waals surface area contributed by atoms with Gasteiger partial charge in [-0.3, -0.25) is 14.4 Å². The van der Waals surface area contributed by atoms with Crippen molar-refractivity contribution in [2.24, 2.45) is 11.3 Å². The van der Waals surface area contributed by atoms with E-state index < -0.39 is 12.1 Å². The number of furan rings is 1. The third-order valence-corrected chi connectivity index (χ3v) is 5.88. The van der Waals surface area contributed by atoms with E-state index in [4.69, 9.17) is 9.15 Å². The SMILES string of the molecule is CCC1OCC(=O)C1NC(=O)[C@H](CC(C)(C)C(C)C)NC(=O)c1ccoc1C. The van der Waals surface area contributed by atoms with Crippen molar-refractivity contribution in [1.29, 1.82) is 0 Å². The van der Waals surface area contributed by atoms with E-state index in [9.17, 15) is 14.4 Å². The number of ether oxygens (including phenoxy) is 1. The van der Waals surface area contributed by atoms with Gasteiger partial charge >= 0.3 is 0 Å². The quantitative estimate of drug-likeness (QED) is 0.709. The standard InChI is InChI=1S/C21H32N2O5/c1-7-17-18(16(24)11-28-17)23-20(26)15(10-21(5,6)12(2)3)22-19(25)14-8-9-27-13(14)4/h8-9,12,15,17-18H,7,10-11H2,1-6H3,(H,22,25)(H,23,26)/t15-,17?,18?/m0/s1. The first kappa shape index (κ1) is 22.1. The molecule has 2 amide bonds. The maximum absolute atomic E-state index is 13.0. The van der Waals surface area contributed by atoms with Gasteiger partial charge in [0.2, 0.25) is 5.91 Å². The lowest BCUT2D eigenvalue weighted by Crippen LogP contribution is -2.54. The van der Waals surface area contributed by atoms with Crippen molar-refractivity contribution in [3.05, 3.63) is 23.7 Å². The summed E-state index contributed by atoms with van der Waals surface area (Å²) in [4.78, 5) is 37.8. The van der Waals surface area contributed by atoms with Crippen molar-refractivity contribution in [2.45, 2.75) is 72.6 Å². The van der Waals surface area contributed by atoms with E-state index in [2.05, 4.69) is 38.3 Å². The van der Waals surface area contributed by atoms with E-state index in [1.165, 1.54) is 6.26 Å². The second-order valence-corrected chi connectivity index (χ2v) is 8.47. The molecule has 1 aromatic rings. The summed E-state index contributed by atoms with van der Waals surface area (Å²) in [7, 11) is 0. The Bertz CT molecular complexity index is 722. The van der Waals surface area contributed by atoms with Crippen molar-refractivity contribution < 1.29 is 23.5 Å². The highest BCUT2D eigenvalue weighted by Gasteiger charge is 2.39. The van der Waals surface area contributed by atoms with Crippen LogP contribution in [0.4, 0.5) is 0 Å². The normalized spacial score (nSPS) is 21.0. The minimum Gasteiger partial charge on any atom is -0.469 e. The molecular weight excluding hydrogens is 360 g/mol. The molecule has 1 aromatic heterocycles. The topological polar surface area (TPSA) is 97.6 Å². The summed E-state index contributed by atoms with van der Waals surface area (Å²) in [6, 6.07) is 0.133. The Hall–Kier alpha value is -2.15. The van der Waals surface area contributed by atoms with E-state index >= 15 is 0 Å². The Kier molecular flexibility index (Phi) is 7.04. The van der Waals surface area contributed by atoms with Crippen LogP contribution in [0.1, 0.15) is 63.6 Å². The molecule has 0 bridgehead atoms. The van der Waals surface area contributed by atoms with Crippen LogP contribution in [0.15, 0.2) is 16.7 Å². The molecule has 1 fully saturated rings. The highest BCUT2D eigenvalue weighted by Crippen LogP contribution is 2.31. The van der Waals surface area contributed by atoms with Gasteiger partial charge in [0.25, 0.3) is 5.91 Å². The van der Waals surface area contributed by atoms with Crippen LogP contribution in [-0.2, 0) is 14.3 Å². The predicted octanol–water partition coefficient (Wildman–Crippen LogP) is 2.62. The Morgan fingerprint density at radius 3 is 2.54 bits per heavy atom. The molecule has 0 aliphatic carbocycles. The summed E-state index contributed by atoms with van der Waals surface area (Å²) in [6.45, 7) is 11.9. The lowest BCUT2D eigenvalue weighted by molar-refractivity contribution is -0.128. The van der Waals surface area contributed by atoms with Crippen LogP contribution in [0.25, 0.3) is 0 Å². The van der Waals surface area contributed by atoms with Gasteiger partial charge in [-0.2, -0.15) is 0 Å². The average molecular weight is 392 g/mol. The Balaban J connectivity index is 2.19. The molecule has 1 aliphatic rings. The number of amides is 2. The zero-order valence-electron chi connectivity index (χ0n) is 17.6. The summed E-state index contributed by atoms with van der Waals surface area (Å²) < 4.78 is 10.6. The summed E-state index contributed by atoms with van der Waals surface area (Å²) in [5.74, 6) is -0.0861. The van der Waals surface area contributed by atoms with E-state index in [1.807, 2.05) is 6.92 Å². The Labute approximate surface area is 166 Å². The monoisotopic (exact) mass is 392 g/mol. The molecule has 0 radical (unpaired) electrons. The summed E-state index contributed by atoms with van der Waals surface area (Å²) in [5, 5.41) is 5.63. The summed E-state index contributed by atoms with van der Waals surface area (Å²) >= 11 is 0. The average Bonchev–Trinajstić information content (AvgIpc) is 3.20. The molecular formula is C21H32N2O5. The van der Waals surface area contributed by atoms with E-state index in [0.717, 1.165) is 0 Å². The van der Waals surface area contributed by atoms with Crippen LogP contribution in [0.3, 0.4) is 0 Å². The molecule has 2 N–H and O–H groups in total. The highest BCUT2D eigenvalue weighted by molar-refractivity contribution is 5.99. The smallest absolute Gasteiger partial charge is 0.255 e. The molecule has 2 unspecified atom stereocenters. The minimum atomic E-state index is -0.773. The van der Waals surface area contributed by atoms with Crippen LogP contribution >= 0.6 is 0 Å². The second kappa shape index (κ2) is 8.90. The molecule has 1 aliphatic heterocycles. The first-order valence-corrected chi connectivity index (χ1v) is 9.86. The van der Waals surface area contributed by atoms with Crippen molar-refractivity contribution in [2.75, 3.05) is 6.61 Å². The van der Waals surface area contributed by atoms with Gasteiger partial charge in [-0.15, -0.1) is 0 Å². The fourth-order valence-corrected chi connectivity index (χ4v) is 3.19. The fourth-order valence-electron chi connectivity index (χ4n) is 3.19. The first-order valence-electron chi connectivity index (χ1n) is 9.86. The van der Waals surface area contributed by atoms with Gasteiger partial charge in [0, 0.05) is 0 Å². The third kappa shape index (κ3) is 5.01. The number of aryl methyl sites for hydroxylation is 1. The van der Waals surface area contributed by atoms with Gasteiger partial charge in [0.1, 0.15) is 24.5 Å². The largest absolute Gasteiger partial charge is 0.469 e. The van der Waals surface area contributed by atoms with Crippen molar-refractivity contribution in [3.63, 3.8) is 0 Å². The molecule has 3 atom stereocenters. The Morgan fingerprint density at radius 2 is 2.00 bits per heavy atom. The van der Waals surface area contributed by atoms with E-state index in [0.29, 0.717) is 30.1 Å². The predicted molar refractivity (Wildman–Crippen MR) is 105 cm³/mol. The number of carbonyl (C=O) groups excluding carboxylic acids is 3. The number of Topliss-reactive ketones (excluding diaryl/α,β-unsaturated/α-hetero) is 1. The lowest BCUT2D eigenvalue weighted by atomic mass is 9.76. The van der Waals surface area contributed by atoms with Gasteiger partial charge in [-0.25, -0.2) is 0 Å². The molecule has 2 rings (SSSR count). The molecule has 7 heteroatoms. The van der Waals surface area contributed by atoms with Crippen molar-refractivity contribution >= 4 is 17.6 Å². The minimum absolute atomic E-state index is 0.00613. The first-order chi connectivity index (χ1) is 13.1. The number of nitrogens with one attached hydrogen (secondary N) is 2. The van der Waals surface area contributed by atoms with Gasteiger partial charge in [0.15, 0.2) is 5.78 Å². The molecule has 0 aromatic carbocycles. The molecule has 2 heterocycles. The highest BCUT2D eigenvalue weighted by atomic mass is 16.5. The zero-order valence-corrected chi connectivity index (χ0v) is 17.6. The summed E-state index contributed by atoms with van der Waals surface area (Å²) in [5.41, 5.74) is 0.202. The molecule has 7 nitrogen and oxygen atoms in total. The van der Waals surface area contributed by atoms with Crippen molar-refractivity contribution in [3.8, 4) is 0 Å². The number of carbonyl (C=O) groups is 3. The van der Waals surface area contributed by atoms with Gasteiger partial charge < -0.3 is 19.8 Å². The van der Waals surface area contributed by atoms with Crippen molar-refractivity contribution in [1.82, 2.24) is 10.6 Å². The lowest BCUT2D eigenvalue weighted by Gasteiger charge is -2.33. The molecule has 1 saturated heterocycles. The van der Waals surface area contributed by atoms with Crippen LogP contribution in [0, 0.1) is 18.3 Å². The zero-order chi connectivity index (χ0) is 21.1. The second-order valence-electron chi connectivity index (χ2n) is 8.47. The van der Waals surface area contributed by atoms with Crippen LogP contribution < -0.4 is 10.6 Å². The maximum atomic E-state index is 13.0. The number of rotatable bonds is 8. The number of hydrogen-bond acceptors (Lipinski definition) is 5. The van der Waals surface area contributed by atoms with E-state index in [-0.39, 0.29) is 35.7 Å². The fraction of sp³-hybridized carbons (Fsp3) is 0.667. The van der Waals surface area contributed by atoms with Crippen LogP contribution in [0.2, 0.25) is 0 Å². The molecule has 0 saturated carbocycles. The van der Waals surface area contributed by atoms with Crippen LogP contribution in [0.5, 0.6) is 0 Å². The molecule has 28 heavy (non-hydrogen) atoms. The molecule has 156 valence electrons. The summed E-state index contributed by atoms with van der Waals surface area (Å²) in [6.07, 6.45) is 2.18. The van der Waals surface area contributed by atoms with Gasteiger partial charge in [-0.1, -0.05) is 34.6 Å².